The van der Waals surface area contributed by atoms with Crippen molar-refractivity contribution in [3.05, 3.63) is 53.1 Å². The molecular weight excluding hydrogens is 451 g/mol. The van der Waals surface area contributed by atoms with Gasteiger partial charge in [-0.15, -0.1) is 0 Å². The number of rotatable bonds is 11. The van der Waals surface area contributed by atoms with Gasteiger partial charge in [0.25, 0.3) is 0 Å². The molecule has 0 radical (unpaired) electrons. The summed E-state index contributed by atoms with van der Waals surface area (Å²) in [6.07, 6.45) is 8.07. The van der Waals surface area contributed by atoms with Gasteiger partial charge in [0, 0.05) is 36.3 Å². The molecule has 1 rings (SSSR count). The Kier molecular flexibility index (Phi) is 10.6. The van der Waals surface area contributed by atoms with Gasteiger partial charge in [0.15, 0.2) is 0 Å². The van der Waals surface area contributed by atoms with E-state index in [1.807, 2.05) is 6.92 Å². The summed E-state index contributed by atoms with van der Waals surface area (Å²) >= 11 is 5.72. The molecule has 0 fully saturated rings. The zero-order valence-electron chi connectivity index (χ0n) is 19.6. The number of carbonyl (C=O) groups excluding carboxylic acids is 1. The van der Waals surface area contributed by atoms with E-state index in [0.717, 1.165) is 6.20 Å². The molecule has 1 aromatic rings. The molecule has 0 amide bonds. The van der Waals surface area contributed by atoms with Crippen LogP contribution >= 0.6 is 21.6 Å². The van der Waals surface area contributed by atoms with Gasteiger partial charge in [0.2, 0.25) is 5.78 Å². The Morgan fingerprint density at radius 3 is 2.56 bits per heavy atom. The van der Waals surface area contributed by atoms with Crippen LogP contribution in [0.15, 0.2) is 46.7 Å². The average Bonchev–Trinajstić information content (AvgIpc) is 2.68. The van der Waals surface area contributed by atoms with Crippen molar-refractivity contribution in [3.63, 3.8) is 0 Å². The Bertz CT molecular complexity index is 921. The molecule has 0 aliphatic heterocycles. The van der Waals surface area contributed by atoms with Crippen molar-refractivity contribution in [1.82, 2.24) is 0 Å². The first-order chi connectivity index (χ1) is 14.8. The Morgan fingerprint density at radius 2 is 2.03 bits per heavy atom. The molecule has 0 aliphatic carbocycles. The van der Waals surface area contributed by atoms with Crippen LogP contribution in [0.5, 0.6) is 0 Å². The SMILES string of the molecule is CCN=CC(=CN)C(=O)/C(=C/C(=N)Cl)Nc1ccc(F)cc1COCS(C)(C)C(C)(C)C. The van der Waals surface area contributed by atoms with Gasteiger partial charge in [-0.25, -0.2) is 14.4 Å². The van der Waals surface area contributed by atoms with Crippen LogP contribution in [-0.4, -0.2) is 46.9 Å². The molecule has 6 nitrogen and oxygen atoms in total. The first-order valence-electron chi connectivity index (χ1n) is 10.1. The highest BCUT2D eigenvalue weighted by Crippen LogP contribution is 2.52. The number of carbonyl (C=O) groups is 1. The minimum absolute atomic E-state index is 0.0118. The van der Waals surface area contributed by atoms with E-state index in [0.29, 0.717) is 23.7 Å². The van der Waals surface area contributed by atoms with Crippen molar-refractivity contribution >= 4 is 44.5 Å². The second-order valence-electron chi connectivity index (χ2n) is 8.53. The molecule has 0 spiro atoms. The number of anilines is 1. The molecule has 0 bridgehead atoms. The van der Waals surface area contributed by atoms with Crippen molar-refractivity contribution in [2.75, 3.05) is 30.3 Å². The molecule has 0 aliphatic rings. The van der Waals surface area contributed by atoms with E-state index in [1.54, 1.807) is 0 Å². The second kappa shape index (κ2) is 12.2. The molecule has 0 heterocycles. The summed E-state index contributed by atoms with van der Waals surface area (Å²) in [6, 6.07) is 4.15. The molecule has 0 saturated carbocycles. The van der Waals surface area contributed by atoms with E-state index in [-0.39, 0.29) is 27.8 Å². The third-order valence-corrected chi connectivity index (χ3v) is 9.18. The molecule has 0 atom stereocenters. The Morgan fingerprint density at radius 1 is 1.38 bits per heavy atom. The van der Waals surface area contributed by atoms with Gasteiger partial charge in [-0.3, -0.25) is 15.2 Å². The van der Waals surface area contributed by atoms with E-state index in [4.69, 9.17) is 27.5 Å². The summed E-state index contributed by atoms with van der Waals surface area (Å²) in [5, 5.41) is 10.2. The third kappa shape index (κ3) is 8.41. The van der Waals surface area contributed by atoms with Crippen molar-refractivity contribution in [2.24, 2.45) is 10.7 Å². The van der Waals surface area contributed by atoms with Gasteiger partial charge >= 0.3 is 0 Å². The lowest BCUT2D eigenvalue weighted by molar-refractivity contribution is -0.111. The fraction of sp³-hybridized carbons (Fsp3) is 0.435. The number of nitrogens with zero attached hydrogens (tertiary/aromatic N) is 1. The van der Waals surface area contributed by atoms with Gasteiger partial charge in [0.05, 0.1) is 23.8 Å². The maximum absolute atomic E-state index is 14.0. The smallest absolute Gasteiger partial charge is 0.212 e. The van der Waals surface area contributed by atoms with Crippen LogP contribution in [0.4, 0.5) is 10.1 Å². The number of nitrogens with one attached hydrogen (secondary N) is 2. The highest BCUT2D eigenvalue weighted by Gasteiger charge is 2.28. The van der Waals surface area contributed by atoms with Crippen LogP contribution in [0.25, 0.3) is 0 Å². The van der Waals surface area contributed by atoms with Crippen molar-refractivity contribution < 1.29 is 13.9 Å². The van der Waals surface area contributed by atoms with Crippen molar-refractivity contribution in [1.29, 1.82) is 5.41 Å². The van der Waals surface area contributed by atoms with Crippen molar-refractivity contribution in [3.8, 4) is 0 Å². The maximum atomic E-state index is 14.0. The molecule has 0 unspecified atom stereocenters. The summed E-state index contributed by atoms with van der Waals surface area (Å²) in [6.45, 7) is 8.99. The zero-order chi connectivity index (χ0) is 24.5. The molecule has 32 heavy (non-hydrogen) atoms. The average molecular weight is 485 g/mol. The Balaban J connectivity index is 3.18. The first kappa shape index (κ1) is 27.9. The van der Waals surface area contributed by atoms with Crippen molar-refractivity contribution in [2.45, 2.75) is 39.0 Å². The van der Waals surface area contributed by atoms with Gasteiger partial charge < -0.3 is 15.8 Å². The number of hydrogen-bond donors (Lipinski definition) is 3. The highest BCUT2D eigenvalue weighted by molar-refractivity contribution is 8.33. The van der Waals surface area contributed by atoms with Gasteiger partial charge in [-0.05, 0) is 42.4 Å². The van der Waals surface area contributed by atoms with E-state index < -0.39 is 21.6 Å². The van der Waals surface area contributed by atoms with E-state index >= 15 is 0 Å². The molecule has 1 aromatic carbocycles. The lowest BCUT2D eigenvalue weighted by Crippen LogP contribution is -2.26. The summed E-state index contributed by atoms with van der Waals surface area (Å²) in [5.41, 5.74) is 6.74. The third-order valence-electron chi connectivity index (χ3n) is 5.00. The van der Waals surface area contributed by atoms with Crippen LogP contribution in [0.3, 0.4) is 0 Å². The Hall–Kier alpha value is -2.16. The lowest BCUT2D eigenvalue weighted by Gasteiger charge is -2.44. The first-order valence-corrected chi connectivity index (χ1v) is 13.1. The van der Waals surface area contributed by atoms with Gasteiger partial charge in [-0.2, -0.15) is 0 Å². The van der Waals surface area contributed by atoms with E-state index in [2.05, 4.69) is 43.6 Å². The molecule has 178 valence electrons. The van der Waals surface area contributed by atoms with Crippen LogP contribution in [-0.2, 0) is 16.1 Å². The number of hydrogen-bond acceptors (Lipinski definition) is 6. The number of ether oxygens (including phenoxy) is 1. The molecular formula is C23H34ClFN4O2S. The quantitative estimate of drug-likeness (QED) is 0.297. The molecule has 0 aromatic heterocycles. The zero-order valence-corrected chi connectivity index (χ0v) is 21.2. The normalized spacial score (nSPS) is 14.0. The number of aliphatic imine (C=N–C) groups is 1. The number of allylic oxidation sites excluding steroid dienone is 2. The Labute approximate surface area is 197 Å². The standard InChI is InChI=1S/C23H34ClFN4O2S/c1-7-28-13-17(12-26)22(30)20(11-21(24)27)29-19-9-8-18(25)10-16(19)14-31-15-32(5,6)23(2,3)4/h8-13,27,29H,7,14-15,26H2,1-6H3/b17-12?,20-11-,27-21?,28-13?. The van der Waals surface area contributed by atoms with Gasteiger partial charge in [0.1, 0.15) is 11.0 Å². The predicted octanol–water partition coefficient (Wildman–Crippen LogP) is 5.18. The summed E-state index contributed by atoms with van der Waals surface area (Å²) in [4.78, 5) is 17.0. The minimum atomic E-state index is -1.05. The molecule has 9 heteroatoms. The van der Waals surface area contributed by atoms with Crippen LogP contribution in [0, 0.1) is 11.2 Å². The molecule has 0 saturated heterocycles. The fourth-order valence-electron chi connectivity index (χ4n) is 2.29. The van der Waals surface area contributed by atoms with Crippen LogP contribution in [0.1, 0.15) is 33.3 Å². The minimum Gasteiger partial charge on any atom is -0.404 e. The van der Waals surface area contributed by atoms with Crippen LogP contribution in [0.2, 0.25) is 0 Å². The fourth-order valence-corrected chi connectivity index (χ4v) is 3.26. The topological polar surface area (TPSA) is 101 Å². The van der Waals surface area contributed by atoms with E-state index in [1.165, 1.54) is 30.5 Å². The van der Waals surface area contributed by atoms with Crippen LogP contribution < -0.4 is 11.1 Å². The number of benzene rings is 1. The summed E-state index contributed by atoms with van der Waals surface area (Å²) in [5.74, 6) is -0.366. The van der Waals surface area contributed by atoms with E-state index in [9.17, 15) is 9.18 Å². The summed E-state index contributed by atoms with van der Waals surface area (Å²) < 4.78 is 20.0. The number of Topliss-reactive ketones (excluding diaryl/α,β-unsaturated/α-hetero) is 1. The largest absolute Gasteiger partial charge is 0.404 e. The molecule has 4 N–H and O–H groups in total. The monoisotopic (exact) mass is 484 g/mol. The summed E-state index contributed by atoms with van der Waals surface area (Å²) in [7, 11) is -1.05. The highest BCUT2D eigenvalue weighted by atomic mass is 35.5. The second-order valence-corrected chi connectivity index (χ2v) is 13.5. The lowest BCUT2D eigenvalue weighted by atomic mass is 10.1. The number of nitrogens with two attached hydrogens (primary N) is 1. The maximum Gasteiger partial charge on any atom is 0.212 e. The predicted molar refractivity (Wildman–Crippen MR) is 137 cm³/mol. The number of ketones is 1. The van der Waals surface area contributed by atoms with Gasteiger partial charge in [-0.1, -0.05) is 32.4 Å². The number of halogens is 2.